The molecule has 0 heterocycles. The van der Waals surface area contributed by atoms with Gasteiger partial charge in [0.25, 0.3) is 0 Å². The highest BCUT2D eigenvalue weighted by Gasteiger charge is 2.31. The van der Waals surface area contributed by atoms with E-state index in [1.807, 2.05) is 30.3 Å². The van der Waals surface area contributed by atoms with Crippen molar-refractivity contribution in [2.75, 3.05) is 0 Å². The summed E-state index contributed by atoms with van der Waals surface area (Å²) in [4.78, 5) is 11.3. The Hall–Kier alpha value is -2.09. The van der Waals surface area contributed by atoms with E-state index in [0.29, 0.717) is 12.8 Å². The molecule has 0 saturated carbocycles. The summed E-state index contributed by atoms with van der Waals surface area (Å²) in [6, 6.07) is 18.4. The number of aliphatic carboxylic acids is 1. The Morgan fingerprint density at radius 2 is 1.68 bits per heavy atom. The van der Waals surface area contributed by atoms with Gasteiger partial charge in [-0.15, -0.1) is 0 Å². The Balaban J connectivity index is 2.06. The van der Waals surface area contributed by atoms with Crippen LogP contribution in [0.3, 0.4) is 0 Å². The minimum Gasteiger partial charge on any atom is -0.481 e. The lowest BCUT2D eigenvalue weighted by Crippen LogP contribution is -2.25. The van der Waals surface area contributed by atoms with Crippen molar-refractivity contribution in [2.24, 2.45) is 5.92 Å². The van der Waals surface area contributed by atoms with Crippen LogP contribution in [0.1, 0.15) is 29.0 Å². The third-order valence-corrected chi connectivity index (χ3v) is 3.97. The molecule has 2 nitrogen and oxygen atoms in total. The van der Waals surface area contributed by atoms with Gasteiger partial charge in [0.05, 0.1) is 5.92 Å². The maximum absolute atomic E-state index is 11.3. The Kier molecular flexibility index (Phi) is 3.08. The van der Waals surface area contributed by atoms with E-state index in [1.54, 1.807) is 0 Å². The van der Waals surface area contributed by atoms with Gasteiger partial charge in [-0.05, 0) is 29.5 Å². The second-order valence-corrected chi connectivity index (χ2v) is 5.14. The average molecular weight is 252 g/mol. The second kappa shape index (κ2) is 4.88. The Labute approximate surface area is 112 Å². The standard InChI is InChI=1S/C17H16O2/c18-17(19)14-10-13-8-4-5-9-15(13)16(11-14)12-6-2-1-3-7-12/h1-9,14,16H,10-11H2,(H,18,19)/t14-,16+/m0/s1. The molecule has 0 radical (unpaired) electrons. The Bertz CT molecular complexity index is 589. The average Bonchev–Trinajstić information content (AvgIpc) is 2.47. The van der Waals surface area contributed by atoms with E-state index >= 15 is 0 Å². The molecule has 1 aliphatic carbocycles. The summed E-state index contributed by atoms with van der Waals surface area (Å²) in [5.74, 6) is -0.761. The monoisotopic (exact) mass is 252 g/mol. The van der Waals surface area contributed by atoms with Gasteiger partial charge in [0.2, 0.25) is 0 Å². The van der Waals surface area contributed by atoms with Crippen molar-refractivity contribution in [3.8, 4) is 0 Å². The number of hydrogen-bond donors (Lipinski definition) is 1. The van der Waals surface area contributed by atoms with Gasteiger partial charge >= 0.3 is 5.97 Å². The zero-order valence-corrected chi connectivity index (χ0v) is 10.6. The van der Waals surface area contributed by atoms with Gasteiger partial charge in [0, 0.05) is 5.92 Å². The molecular formula is C17H16O2. The van der Waals surface area contributed by atoms with Gasteiger partial charge in [-0.3, -0.25) is 4.79 Å². The fourth-order valence-corrected chi connectivity index (χ4v) is 3.01. The molecule has 0 spiro atoms. The summed E-state index contributed by atoms with van der Waals surface area (Å²) < 4.78 is 0. The van der Waals surface area contributed by atoms with E-state index in [9.17, 15) is 9.90 Å². The van der Waals surface area contributed by atoms with Gasteiger partial charge in [-0.25, -0.2) is 0 Å². The van der Waals surface area contributed by atoms with Crippen LogP contribution in [0.4, 0.5) is 0 Å². The van der Waals surface area contributed by atoms with Crippen molar-refractivity contribution < 1.29 is 9.90 Å². The van der Waals surface area contributed by atoms with Gasteiger partial charge in [0.15, 0.2) is 0 Å². The first-order valence-corrected chi connectivity index (χ1v) is 6.61. The summed E-state index contributed by atoms with van der Waals surface area (Å²) in [5, 5.41) is 9.33. The first-order valence-electron chi connectivity index (χ1n) is 6.61. The van der Waals surface area contributed by atoms with Crippen molar-refractivity contribution >= 4 is 5.97 Å². The zero-order chi connectivity index (χ0) is 13.2. The van der Waals surface area contributed by atoms with Crippen LogP contribution in [-0.4, -0.2) is 11.1 Å². The number of carboxylic acid groups (broad SMARTS) is 1. The topological polar surface area (TPSA) is 37.3 Å². The molecule has 19 heavy (non-hydrogen) atoms. The van der Waals surface area contributed by atoms with E-state index < -0.39 is 5.97 Å². The van der Waals surface area contributed by atoms with Crippen LogP contribution in [-0.2, 0) is 11.2 Å². The number of benzene rings is 2. The number of hydrogen-bond acceptors (Lipinski definition) is 1. The summed E-state index contributed by atoms with van der Waals surface area (Å²) >= 11 is 0. The number of rotatable bonds is 2. The van der Waals surface area contributed by atoms with Gasteiger partial charge < -0.3 is 5.11 Å². The molecule has 2 atom stereocenters. The van der Waals surface area contributed by atoms with E-state index in [2.05, 4.69) is 24.3 Å². The molecule has 2 aromatic carbocycles. The first-order chi connectivity index (χ1) is 9.25. The molecule has 0 bridgehead atoms. The predicted octanol–water partition coefficient (Wildman–Crippen LogP) is 3.47. The highest BCUT2D eigenvalue weighted by molar-refractivity contribution is 5.71. The van der Waals surface area contributed by atoms with Crippen LogP contribution >= 0.6 is 0 Å². The molecule has 2 aromatic rings. The van der Waals surface area contributed by atoms with Crippen molar-refractivity contribution in [1.82, 2.24) is 0 Å². The molecular weight excluding hydrogens is 236 g/mol. The van der Waals surface area contributed by atoms with Crippen LogP contribution in [0.25, 0.3) is 0 Å². The van der Waals surface area contributed by atoms with Gasteiger partial charge in [-0.2, -0.15) is 0 Å². The smallest absolute Gasteiger partial charge is 0.306 e. The van der Waals surface area contributed by atoms with Crippen molar-refractivity contribution in [3.05, 3.63) is 71.3 Å². The lowest BCUT2D eigenvalue weighted by Gasteiger charge is -2.30. The molecule has 0 fully saturated rings. The minimum atomic E-state index is -0.685. The van der Waals surface area contributed by atoms with E-state index in [4.69, 9.17) is 0 Å². The first kappa shape index (κ1) is 12.0. The highest BCUT2D eigenvalue weighted by Crippen LogP contribution is 2.39. The summed E-state index contributed by atoms with van der Waals surface area (Å²) in [6.07, 6.45) is 1.34. The summed E-state index contributed by atoms with van der Waals surface area (Å²) in [7, 11) is 0. The van der Waals surface area contributed by atoms with E-state index in [0.717, 1.165) is 0 Å². The number of fused-ring (bicyclic) bond motifs is 1. The fraction of sp³-hybridized carbons (Fsp3) is 0.235. The van der Waals surface area contributed by atoms with Crippen molar-refractivity contribution in [2.45, 2.75) is 18.8 Å². The number of carbonyl (C=O) groups is 1. The largest absolute Gasteiger partial charge is 0.481 e. The SMILES string of the molecule is O=C(O)[C@H]1Cc2ccccc2[C@@H](c2ccccc2)C1. The molecule has 3 rings (SSSR count). The third-order valence-electron chi connectivity index (χ3n) is 3.97. The van der Waals surface area contributed by atoms with Crippen molar-refractivity contribution in [3.63, 3.8) is 0 Å². The van der Waals surface area contributed by atoms with E-state index in [-0.39, 0.29) is 11.8 Å². The fourth-order valence-electron chi connectivity index (χ4n) is 3.01. The van der Waals surface area contributed by atoms with E-state index in [1.165, 1.54) is 16.7 Å². The quantitative estimate of drug-likeness (QED) is 0.888. The highest BCUT2D eigenvalue weighted by atomic mass is 16.4. The molecule has 1 N–H and O–H groups in total. The lowest BCUT2D eigenvalue weighted by atomic mass is 9.74. The second-order valence-electron chi connectivity index (χ2n) is 5.14. The molecule has 0 aromatic heterocycles. The molecule has 96 valence electrons. The molecule has 0 saturated heterocycles. The van der Waals surface area contributed by atoms with Crippen LogP contribution in [0.5, 0.6) is 0 Å². The Morgan fingerprint density at radius 3 is 2.42 bits per heavy atom. The normalized spacial score (nSPS) is 21.7. The predicted molar refractivity (Wildman–Crippen MR) is 74.2 cm³/mol. The molecule has 0 aliphatic heterocycles. The molecule has 0 amide bonds. The van der Waals surface area contributed by atoms with Crippen molar-refractivity contribution in [1.29, 1.82) is 0 Å². The minimum absolute atomic E-state index is 0.201. The maximum Gasteiger partial charge on any atom is 0.306 e. The Morgan fingerprint density at radius 1 is 1.00 bits per heavy atom. The van der Waals surface area contributed by atoms with Crippen LogP contribution < -0.4 is 0 Å². The maximum atomic E-state index is 11.3. The van der Waals surface area contributed by atoms with Gasteiger partial charge in [0.1, 0.15) is 0 Å². The van der Waals surface area contributed by atoms with Crippen LogP contribution in [0, 0.1) is 5.92 Å². The lowest BCUT2D eigenvalue weighted by molar-refractivity contribution is -0.142. The van der Waals surface area contributed by atoms with Crippen LogP contribution in [0.2, 0.25) is 0 Å². The molecule has 0 unspecified atom stereocenters. The number of carboxylic acids is 1. The summed E-state index contributed by atoms with van der Waals surface area (Å²) in [6.45, 7) is 0. The van der Waals surface area contributed by atoms with Gasteiger partial charge in [-0.1, -0.05) is 54.6 Å². The van der Waals surface area contributed by atoms with Crippen LogP contribution in [0.15, 0.2) is 54.6 Å². The third kappa shape index (κ3) is 2.26. The molecule has 2 heteroatoms. The zero-order valence-electron chi connectivity index (χ0n) is 10.6. The molecule has 1 aliphatic rings. The summed E-state index contributed by atoms with van der Waals surface area (Å²) in [5.41, 5.74) is 3.67.